The minimum Gasteiger partial charge on any atom is -0.368 e. The predicted octanol–water partition coefficient (Wildman–Crippen LogP) is 2.98. The van der Waals surface area contributed by atoms with Crippen LogP contribution < -0.4 is 11.1 Å². The number of primary amides is 1. The Morgan fingerprint density at radius 3 is 2.30 bits per heavy atom. The van der Waals surface area contributed by atoms with E-state index in [-0.39, 0.29) is 10.9 Å². The summed E-state index contributed by atoms with van der Waals surface area (Å²) in [4.78, 5) is 23.7. The van der Waals surface area contributed by atoms with Crippen LogP contribution in [-0.4, -0.2) is 25.9 Å². The van der Waals surface area contributed by atoms with Crippen molar-refractivity contribution in [2.24, 2.45) is 11.7 Å². The van der Waals surface area contributed by atoms with E-state index in [1.807, 2.05) is 0 Å². The Kier molecular flexibility index (Phi) is 6.88. The third-order valence-electron chi connectivity index (χ3n) is 5.21. The molecule has 0 bridgehead atoms. The van der Waals surface area contributed by atoms with Crippen LogP contribution in [0.2, 0.25) is 18.1 Å². The lowest BCUT2D eigenvalue weighted by Gasteiger charge is -2.31. The molecule has 5 heteroatoms. The molecule has 0 spiro atoms. The van der Waals surface area contributed by atoms with Crippen LogP contribution in [0.15, 0.2) is 0 Å². The quantitative estimate of drug-likeness (QED) is 0.598. The Bertz CT molecular complexity index is 491. The molecule has 0 aromatic rings. The van der Waals surface area contributed by atoms with Crippen LogP contribution in [0.4, 0.5) is 0 Å². The zero-order chi connectivity index (χ0) is 17.7. The molecule has 0 radical (unpaired) electrons. The minimum atomic E-state index is -1.70. The molecule has 23 heavy (non-hydrogen) atoms. The van der Waals surface area contributed by atoms with Crippen LogP contribution in [0.5, 0.6) is 0 Å². The molecule has 2 amide bonds. The van der Waals surface area contributed by atoms with Gasteiger partial charge in [0.05, 0.1) is 0 Å². The van der Waals surface area contributed by atoms with Crippen molar-refractivity contribution in [2.75, 3.05) is 0 Å². The summed E-state index contributed by atoms with van der Waals surface area (Å²) in [5.74, 6) is 2.99. The van der Waals surface area contributed by atoms with Gasteiger partial charge in [-0.2, -0.15) is 0 Å². The van der Waals surface area contributed by atoms with Crippen LogP contribution in [-0.2, 0) is 9.59 Å². The van der Waals surface area contributed by atoms with Crippen LogP contribution in [0.1, 0.15) is 59.3 Å². The van der Waals surface area contributed by atoms with Crippen molar-refractivity contribution in [1.29, 1.82) is 0 Å². The van der Waals surface area contributed by atoms with Gasteiger partial charge in [-0.15, -0.1) is 11.5 Å². The molecule has 0 heterocycles. The zero-order valence-electron chi connectivity index (χ0n) is 15.3. The number of hydrogen-bond acceptors (Lipinski definition) is 2. The summed E-state index contributed by atoms with van der Waals surface area (Å²) in [6.45, 7) is 11.0. The smallest absolute Gasteiger partial charge is 0.240 e. The molecule has 0 saturated heterocycles. The van der Waals surface area contributed by atoms with E-state index in [1.54, 1.807) is 0 Å². The second-order valence-electron chi connectivity index (χ2n) is 8.26. The minimum absolute atomic E-state index is 0.0742. The number of nitrogens with one attached hydrogen (secondary N) is 1. The molecule has 1 rings (SSSR count). The first kappa shape index (κ1) is 19.8. The highest BCUT2D eigenvalue weighted by molar-refractivity contribution is 6.87. The highest BCUT2D eigenvalue weighted by Crippen LogP contribution is 2.35. The standard InChI is InChI=1S/C18H32N2O2Si/c1-18(2,3)23(4,5)12-8-11-15(17(19)22)20-16(21)13-14-9-6-7-10-14/h14-15H,6-7,9-11,13H2,1-5H3,(H2,19,22)(H,20,21)/t15-/m1/s1. The lowest BCUT2D eigenvalue weighted by molar-refractivity contribution is -0.127. The van der Waals surface area contributed by atoms with Gasteiger partial charge >= 0.3 is 0 Å². The SMILES string of the molecule is CC(C)(C)[Si](C)(C)C#CC[C@@H](NC(=O)CC1CCCC1)C(N)=O. The lowest BCUT2D eigenvalue weighted by Crippen LogP contribution is -2.44. The number of nitrogens with two attached hydrogens (primary N) is 1. The molecular weight excluding hydrogens is 304 g/mol. The summed E-state index contributed by atoms with van der Waals surface area (Å²) in [6, 6.07) is -0.679. The molecule has 0 aromatic heterocycles. The Morgan fingerprint density at radius 1 is 1.26 bits per heavy atom. The van der Waals surface area contributed by atoms with Crippen LogP contribution in [0.25, 0.3) is 0 Å². The normalized spacial score (nSPS) is 17.3. The maximum atomic E-state index is 12.1. The summed E-state index contributed by atoms with van der Waals surface area (Å²) in [6.07, 6.45) is 5.43. The van der Waals surface area contributed by atoms with Crippen molar-refractivity contribution in [3.8, 4) is 11.5 Å². The van der Waals surface area contributed by atoms with E-state index < -0.39 is 20.0 Å². The summed E-state index contributed by atoms with van der Waals surface area (Å²) < 4.78 is 0. The Labute approximate surface area is 142 Å². The van der Waals surface area contributed by atoms with Crippen molar-refractivity contribution in [3.63, 3.8) is 0 Å². The maximum absolute atomic E-state index is 12.1. The van der Waals surface area contributed by atoms with Crippen molar-refractivity contribution < 1.29 is 9.59 Å². The molecule has 4 nitrogen and oxygen atoms in total. The second kappa shape index (κ2) is 8.01. The second-order valence-corrected chi connectivity index (χ2v) is 13.3. The van der Waals surface area contributed by atoms with Gasteiger partial charge in [0.25, 0.3) is 0 Å². The van der Waals surface area contributed by atoms with Gasteiger partial charge in [0.2, 0.25) is 11.8 Å². The Hall–Kier alpha value is -1.28. The summed E-state index contributed by atoms with van der Waals surface area (Å²) in [5, 5.41) is 2.94. The number of carbonyl (C=O) groups excluding carboxylic acids is 2. The highest BCUT2D eigenvalue weighted by atomic mass is 28.3. The molecule has 0 aliphatic heterocycles. The molecule has 0 unspecified atom stereocenters. The number of rotatable bonds is 5. The molecule has 130 valence electrons. The fraction of sp³-hybridized carbons (Fsp3) is 0.778. The van der Waals surface area contributed by atoms with Gasteiger partial charge in [0.1, 0.15) is 14.1 Å². The zero-order valence-corrected chi connectivity index (χ0v) is 16.3. The average molecular weight is 337 g/mol. The topological polar surface area (TPSA) is 72.2 Å². The number of hydrogen-bond donors (Lipinski definition) is 2. The monoisotopic (exact) mass is 336 g/mol. The number of amides is 2. The summed E-state index contributed by atoms with van der Waals surface area (Å²) >= 11 is 0. The first-order chi connectivity index (χ1) is 10.5. The third-order valence-corrected chi connectivity index (χ3v) is 9.76. The number of carbonyl (C=O) groups is 2. The molecule has 1 saturated carbocycles. The first-order valence-electron chi connectivity index (χ1n) is 8.61. The largest absolute Gasteiger partial charge is 0.368 e. The molecule has 3 N–H and O–H groups in total. The van der Waals surface area contributed by atoms with Crippen molar-refractivity contribution in [1.82, 2.24) is 5.32 Å². The molecule has 1 aliphatic rings. The molecule has 1 aliphatic carbocycles. The highest BCUT2D eigenvalue weighted by Gasteiger charge is 2.33. The molecule has 0 aromatic carbocycles. The van der Waals surface area contributed by atoms with E-state index in [0.717, 1.165) is 12.8 Å². The Morgan fingerprint density at radius 2 is 1.83 bits per heavy atom. The summed E-state index contributed by atoms with van der Waals surface area (Å²) in [5.41, 5.74) is 8.78. The van der Waals surface area contributed by atoms with Gasteiger partial charge in [-0.05, 0) is 23.8 Å². The fourth-order valence-corrected chi connectivity index (χ4v) is 3.43. The van der Waals surface area contributed by atoms with E-state index in [0.29, 0.717) is 18.8 Å². The van der Waals surface area contributed by atoms with Crippen molar-refractivity contribution in [2.45, 2.75) is 83.5 Å². The van der Waals surface area contributed by atoms with Gasteiger partial charge in [-0.3, -0.25) is 9.59 Å². The fourth-order valence-electron chi connectivity index (χ4n) is 2.51. The maximum Gasteiger partial charge on any atom is 0.240 e. The molecule has 1 atom stereocenters. The van der Waals surface area contributed by atoms with E-state index in [9.17, 15) is 9.59 Å². The van der Waals surface area contributed by atoms with E-state index >= 15 is 0 Å². The molecular formula is C18H32N2O2Si. The Balaban J connectivity index is 2.59. The van der Waals surface area contributed by atoms with Crippen LogP contribution in [0.3, 0.4) is 0 Å². The average Bonchev–Trinajstić information content (AvgIpc) is 2.88. The van der Waals surface area contributed by atoms with Crippen molar-refractivity contribution >= 4 is 19.9 Å². The van der Waals surface area contributed by atoms with Gasteiger partial charge in [-0.1, -0.05) is 46.7 Å². The third kappa shape index (κ3) is 6.38. The summed E-state index contributed by atoms with van der Waals surface area (Å²) in [7, 11) is -1.70. The predicted molar refractivity (Wildman–Crippen MR) is 97.3 cm³/mol. The van der Waals surface area contributed by atoms with Gasteiger partial charge < -0.3 is 11.1 Å². The van der Waals surface area contributed by atoms with E-state index in [2.05, 4.69) is 50.6 Å². The van der Waals surface area contributed by atoms with Gasteiger partial charge in [0.15, 0.2) is 0 Å². The van der Waals surface area contributed by atoms with Gasteiger partial charge in [-0.25, -0.2) is 0 Å². The first-order valence-corrected chi connectivity index (χ1v) is 11.6. The van der Waals surface area contributed by atoms with Gasteiger partial charge in [0, 0.05) is 12.8 Å². The van der Waals surface area contributed by atoms with E-state index in [1.165, 1.54) is 12.8 Å². The lowest BCUT2D eigenvalue weighted by atomic mass is 10.0. The van der Waals surface area contributed by atoms with Crippen LogP contribution >= 0.6 is 0 Å². The molecule has 1 fully saturated rings. The van der Waals surface area contributed by atoms with Crippen molar-refractivity contribution in [3.05, 3.63) is 0 Å². The van der Waals surface area contributed by atoms with E-state index in [4.69, 9.17) is 5.73 Å². The van der Waals surface area contributed by atoms with Crippen LogP contribution in [0, 0.1) is 17.4 Å².